The van der Waals surface area contributed by atoms with Gasteiger partial charge in [0, 0.05) is 48.7 Å². The zero-order valence-corrected chi connectivity index (χ0v) is 26.9. The molecule has 0 saturated heterocycles. The van der Waals surface area contributed by atoms with Crippen LogP contribution in [0.5, 0.6) is 5.75 Å². The van der Waals surface area contributed by atoms with Crippen LogP contribution in [0.1, 0.15) is 50.2 Å². The van der Waals surface area contributed by atoms with Gasteiger partial charge in [0.25, 0.3) is 0 Å². The van der Waals surface area contributed by atoms with Crippen LogP contribution in [0.25, 0.3) is 21.9 Å². The van der Waals surface area contributed by atoms with E-state index in [9.17, 15) is 9.81 Å². The lowest BCUT2D eigenvalue weighted by Gasteiger charge is -2.36. The smallest absolute Gasteiger partial charge is 0.147 e. The number of nitriles is 1. The fourth-order valence-corrected chi connectivity index (χ4v) is 6.47. The minimum absolute atomic E-state index is 0.270. The van der Waals surface area contributed by atoms with Gasteiger partial charge < -0.3 is 23.6 Å². The van der Waals surface area contributed by atoms with Crippen LogP contribution in [-0.4, -0.2) is 45.6 Å². The highest BCUT2D eigenvalue weighted by Gasteiger charge is 2.45. The number of methoxy groups -OCH3 is 1. The number of H-pyrrole nitrogens is 1. The molecule has 4 rings (SSSR count). The van der Waals surface area contributed by atoms with E-state index in [0.717, 1.165) is 33.6 Å². The molecule has 0 fully saturated rings. The molecule has 4 aromatic rings. The number of aromatic amines is 1. The quantitative estimate of drug-likeness (QED) is 0.129. The Bertz CT molecular complexity index is 1560. The molecule has 0 spiro atoms. The summed E-state index contributed by atoms with van der Waals surface area (Å²) in [5.74, 6) is 1.30. The average Bonchev–Trinajstić information content (AvgIpc) is 3.50. The molecule has 214 valence electrons. The SMILES string of the molecule is COc1cc(C)c2[nH]ccc2c1C(C)(N[S+]([O-])C(C)(C)C)c1nc2cc(C#N)ccc2n1COCC[Si](C)(C)C. The van der Waals surface area contributed by atoms with Crippen molar-refractivity contribution in [2.75, 3.05) is 13.7 Å². The van der Waals surface area contributed by atoms with Crippen LogP contribution in [0.15, 0.2) is 36.5 Å². The van der Waals surface area contributed by atoms with Gasteiger partial charge in [0.2, 0.25) is 0 Å². The molecule has 40 heavy (non-hydrogen) atoms. The molecule has 2 unspecified atom stereocenters. The molecule has 0 aliphatic carbocycles. The van der Waals surface area contributed by atoms with Crippen molar-refractivity contribution in [1.29, 1.82) is 5.26 Å². The first-order valence-corrected chi connectivity index (χ1v) is 18.4. The number of aromatic nitrogens is 3. The Balaban J connectivity index is 2.00. The maximum absolute atomic E-state index is 13.8. The van der Waals surface area contributed by atoms with Crippen LogP contribution in [0.3, 0.4) is 0 Å². The first-order chi connectivity index (χ1) is 18.7. The summed E-state index contributed by atoms with van der Waals surface area (Å²) >= 11 is -1.47. The van der Waals surface area contributed by atoms with Crippen LogP contribution in [0.2, 0.25) is 25.7 Å². The molecule has 2 N–H and O–H groups in total. The Labute approximate surface area is 241 Å². The van der Waals surface area contributed by atoms with Gasteiger partial charge in [0.1, 0.15) is 28.6 Å². The van der Waals surface area contributed by atoms with Crippen molar-refractivity contribution in [3.05, 3.63) is 59.0 Å². The summed E-state index contributed by atoms with van der Waals surface area (Å²) in [5, 5.41) is 10.5. The van der Waals surface area contributed by atoms with Crippen LogP contribution >= 0.6 is 0 Å². The van der Waals surface area contributed by atoms with Gasteiger partial charge in [-0.1, -0.05) is 19.6 Å². The molecule has 2 aromatic carbocycles. The van der Waals surface area contributed by atoms with Crippen LogP contribution in [0, 0.1) is 18.3 Å². The molecule has 0 aliphatic heterocycles. The summed E-state index contributed by atoms with van der Waals surface area (Å²) < 4.78 is 31.0. The second-order valence-corrected chi connectivity index (χ2v) is 20.3. The third-order valence-electron chi connectivity index (χ3n) is 7.12. The largest absolute Gasteiger partial charge is 0.598 e. The van der Waals surface area contributed by atoms with Gasteiger partial charge in [-0.3, -0.25) is 0 Å². The van der Waals surface area contributed by atoms with Crippen molar-refractivity contribution >= 4 is 41.4 Å². The molecule has 0 radical (unpaired) electrons. The molecular weight excluding hydrogens is 539 g/mol. The Morgan fingerprint density at radius 1 is 1.18 bits per heavy atom. The molecule has 0 saturated carbocycles. The van der Waals surface area contributed by atoms with E-state index in [-0.39, 0.29) is 6.73 Å². The number of ether oxygens (including phenoxy) is 2. The predicted molar refractivity (Wildman–Crippen MR) is 166 cm³/mol. The number of hydrogen-bond donors (Lipinski definition) is 2. The maximum Gasteiger partial charge on any atom is 0.147 e. The first kappa shape index (κ1) is 30.2. The summed E-state index contributed by atoms with van der Waals surface area (Å²) in [7, 11) is 0.362. The van der Waals surface area contributed by atoms with Crippen molar-refractivity contribution in [1.82, 2.24) is 19.3 Å². The lowest BCUT2D eigenvalue weighted by Crippen LogP contribution is -2.52. The van der Waals surface area contributed by atoms with Gasteiger partial charge >= 0.3 is 0 Å². The van der Waals surface area contributed by atoms with E-state index in [1.165, 1.54) is 0 Å². The molecule has 0 bridgehead atoms. The molecule has 0 amide bonds. The number of aryl methyl sites for hydroxylation is 1. The lowest BCUT2D eigenvalue weighted by molar-refractivity contribution is 0.0856. The van der Waals surface area contributed by atoms with E-state index < -0.39 is 29.7 Å². The third kappa shape index (κ3) is 5.94. The third-order valence-corrected chi connectivity index (χ3v) is 10.5. The highest BCUT2D eigenvalue weighted by Crippen LogP contribution is 2.43. The number of imidazole rings is 1. The van der Waals surface area contributed by atoms with Crippen LogP contribution in [0.4, 0.5) is 0 Å². The van der Waals surface area contributed by atoms with E-state index in [1.54, 1.807) is 19.2 Å². The topological polar surface area (TPSA) is 111 Å². The maximum atomic E-state index is 13.8. The number of fused-ring (bicyclic) bond motifs is 2. The fraction of sp³-hybridized carbons (Fsp3) is 0.467. The monoisotopic (exact) mass is 579 g/mol. The zero-order valence-electron chi connectivity index (χ0n) is 25.1. The molecule has 0 aliphatic rings. The minimum atomic E-state index is -1.47. The standard InChI is InChI=1S/C30H41N5O3SSi/c1-20-16-25(37-6)26(22-12-13-32-27(20)22)30(5,34-39(36)29(2,3)4)28-33-23-17-21(18-31)10-11-24(23)35(28)19-38-14-15-40(7,8)9/h10-13,16-17,32,34H,14-15,19H2,1-9H3. The Hall–Kier alpha value is -2.81. The van der Waals surface area contributed by atoms with E-state index in [1.807, 2.05) is 63.6 Å². The van der Waals surface area contributed by atoms with Gasteiger partial charge in [-0.2, -0.15) is 5.26 Å². The summed E-state index contributed by atoms with van der Waals surface area (Å²) in [5.41, 5.74) is 3.83. The van der Waals surface area contributed by atoms with Gasteiger partial charge in [-0.15, -0.1) is 4.72 Å². The van der Waals surface area contributed by atoms with Crippen LogP contribution in [-0.2, 0) is 28.4 Å². The molecule has 2 aromatic heterocycles. The average molecular weight is 580 g/mol. The Morgan fingerprint density at radius 3 is 2.52 bits per heavy atom. The highest BCUT2D eigenvalue weighted by molar-refractivity contribution is 7.90. The molecule has 8 nitrogen and oxygen atoms in total. The molecule has 2 atom stereocenters. The van der Waals surface area contributed by atoms with E-state index in [0.29, 0.717) is 29.3 Å². The van der Waals surface area contributed by atoms with E-state index in [2.05, 4.69) is 35.4 Å². The van der Waals surface area contributed by atoms with Crippen LogP contribution < -0.4 is 9.46 Å². The molecule has 10 heteroatoms. The summed E-state index contributed by atoms with van der Waals surface area (Å²) in [6.07, 6.45) is 1.91. The summed E-state index contributed by atoms with van der Waals surface area (Å²) in [4.78, 5) is 8.45. The normalized spacial score (nSPS) is 14.8. The Morgan fingerprint density at radius 2 is 1.90 bits per heavy atom. The van der Waals surface area contributed by atoms with Gasteiger partial charge in [-0.25, -0.2) is 4.98 Å². The predicted octanol–water partition coefficient (Wildman–Crippen LogP) is 6.33. The number of benzene rings is 2. The van der Waals surface area contributed by atoms with Gasteiger partial charge in [0.15, 0.2) is 0 Å². The van der Waals surface area contributed by atoms with Crippen molar-refractivity contribution in [2.24, 2.45) is 0 Å². The number of hydrogen-bond acceptors (Lipinski definition) is 6. The molecular formula is C30H41N5O3SSi. The first-order valence-electron chi connectivity index (χ1n) is 13.5. The highest BCUT2D eigenvalue weighted by atomic mass is 32.2. The minimum Gasteiger partial charge on any atom is -0.598 e. The van der Waals surface area contributed by atoms with Gasteiger partial charge in [0.05, 0.1) is 29.8 Å². The van der Waals surface area contributed by atoms with Crippen molar-refractivity contribution in [2.45, 2.75) is 77.3 Å². The lowest BCUT2D eigenvalue weighted by atomic mass is 9.87. The zero-order chi connectivity index (χ0) is 29.5. The van der Waals surface area contributed by atoms with E-state index in [4.69, 9.17) is 14.5 Å². The number of nitrogens with zero attached hydrogens (tertiary/aromatic N) is 3. The number of nitrogens with one attached hydrogen (secondary N) is 2. The van der Waals surface area contributed by atoms with Crippen molar-refractivity contribution in [3.8, 4) is 11.8 Å². The second kappa shape index (κ2) is 11.2. The van der Waals surface area contributed by atoms with Crippen molar-refractivity contribution in [3.63, 3.8) is 0 Å². The van der Waals surface area contributed by atoms with Crippen molar-refractivity contribution < 1.29 is 14.0 Å². The fourth-order valence-electron chi connectivity index (χ4n) is 4.85. The van der Waals surface area contributed by atoms with E-state index >= 15 is 0 Å². The number of rotatable bonds is 10. The van der Waals surface area contributed by atoms with Gasteiger partial charge in [-0.05, 0) is 76.6 Å². The molecule has 2 heterocycles. The second-order valence-electron chi connectivity index (χ2n) is 12.7. The summed E-state index contributed by atoms with van der Waals surface area (Å²) in [6.45, 7) is 17.7. The Kier molecular flexibility index (Phi) is 8.46. The summed E-state index contributed by atoms with van der Waals surface area (Å²) in [6, 6.07) is 12.8.